The van der Waals surface area contributed by atoms with Crippen LogP contribution in [0.15, 0.2) is 24.3 Å². The van der Waals surface area contributed by atoms with Gasteiger partial charge in [-0.15, -0.1) is 0 Å². The number of Topliss-reactive ketones (excluding diaryl/α,β-unsaturated/α-hetero) is 1. The topological polar surface area (TPSA) is 46.2 Å². The van der Waals surface area contributed by atoms with Crippen molar-refractivity contribution in [3.63, 3.8) is 0 Å². The van der Waals surface area contributed by atoms with Crippen LogP contribution in [0.4, 0.5) is 5.69 Å². The van der Waals surface area contributed by atoms with E-state index in [1.165, 1.54) is 0 Å². The third-order valence-electron chi connectivity index (χ3n) is 2.30. The number of anilines is 1. The molecule has 0 saturated carbocycles. The number of carbonyl (C=O) groups is 2. The van der Waals surface area contributed by atoms with Gasteiger partial charge >= 0.3 is 0 Å². The number of aryl methyl sites for hydroxylation is 1. The predicted octanol–water partition coefficient (Wildman–Crippen LogP) is 2.56. The van der Waals surface area contributed by atoms with Gasteiger partial charge in [0.25, 0.3) is 0 Å². The van der Waals surface area contributed by atoms with Gasteiger partial charge in [-0.25, -0.2) is 0 Å². The zero-order valence-corrected chi connectivity index (χ0v) is 9.75. The lowest BCUT2D eigenvalue weighted by Gasteiger charge is -2.05. The number of rotatable bonds is 5. The molecule has 16 heavy (non-hydrogen) atoms. The Kier molecular flexibility index (Phi) is 4.70. The fourth-order valence-corrected chi connectivity index (χ4v) is 1.37. The highest BCUT2D eigenvalue weighted by atomic mass is 16.1. The second-order valence-corrected chi connectivity index (χ2v) is 3.80. The molecule has 1 aromatic rings. The number of ketones is 1. The average Bonchev–Trinajstić information content (AvgIpc) is 2.26. The maximum absolute atomic E-state index is 11.2. The van der Waals surface area contributed by atoms with Crippen LogP contribution in [0, 0.1) is 0 Å². The monoisotopic (exact) mass is 219 g/mol. The van der Waals surface area contributed by atoms with Crippen molar-refractivity contribution in [1.82, 2.24) is 0 Å². The number of benzene rings is 1. The Morgan fingerprint density at radius 3 is 2.69 bits per heavy atom. The molecular weight excluding hydrogens is 202 g/mol. The molecule has 0 aliphatic carbocycles. The van der Waals surface area contributed by atoms with Crippen LogP contribution < -0.4 is 5.32 Å². The van der Waals surface area contributed by atoms with Gasteiger partial charge < -0.3 is 10.1 Å². The molecule has 86 valence electrons. The van der Waals surface area contributed by atoms with E-state index in [1.807, 2.05) is 31.2 Å². The molecule has 0 aliphatic heterocycles. The first-order chi connectivity index (χ1) is 7.61. The van der Waals surface area contributed by atoms with E-state index >= 15 is 0 Å². The zero-order chi connectivity index (χ0) is 12.0. The van der Waals surface area contributed by atoms with E-state index in [-0.39, 0.29) is 11.7 Å². The van der Waals surface area contributed by atoms with E-state index in [9.17, 15) is 9.59 Å². The summed E-state index contributed by atoms with van der Waals surface area (Å²) in [6, 6.07) is 7.62. The third-order valence-corrected chi connectivity index (χ3v) is 2.30. The van der Waals surface area contributed by atoms with Crippen molar-refractivity contribution in [2.45, 2.75) is 33.1 Å². The zero-order valence-electron chi connectivity index (χ0n) is 9.75. The Balaban J connectivity index is 2.63. The summed E-state index contributed by atoms with van der Waals surface area (Å²) in [4.78, 5) is 22.0. The van der Waals surface area contributed by atoms with Crippen molar-refractivity contribution in [3.05, 3.63) is 29.8 Å². The van der Waals surface area contributed by atoms with E-state index in [4.69, 9.17) is 0 Å². The fraction of sp³-hybridized carbons (Fsp3) is 0.385. The van der Waals surface area contributed by atoms with E-state index in [1.54, 1.807) is 6.92 Å². The number of nitrogens with one attached hydrogen (secondary N) is 1. The fourth-order valence-electron chi connectivity index (χ4n) is 1.37. The molecule has 0 aromatic heterocycles. The molecule has 0 radical (unpaired) electrons. The Labute approximate surface area is 95.9 Å². The number of hydrogen-bond acceptors (Lipinski definition) is 2. The Bertz CT molecular complexity index is 385. The molecule has 0 bridgehead atoms. The summed E-state index contributed by atoms with van der Waals surface area (Å²) in [7, 11) is 0. The van der Waals surface area contributed by atoms with Gasteiger partial charge in [-0.3, -0.25) is 4.79 Å². The van der Waals surface area contributed by atoms with Crippen molar-refractivity contribution < 1.29 is 9.59 Å². The summed E-state index contributed by atoms with van der Waals surface area (Å²) in [5.41, 5.74) is 1.87. The smallest absolute Gasteiger partial charge is 0.224 e. The van der Waals surface area contributed by atoms with Crippen LogP contribution in [0.2, 0.25) is 0 Å². The van der Waals surface area contributed by atoms with Gasteiger partial charge in [0.05, 0.1) is 0 Å². The first kappa shape index (κ1) is 12.4. The molecule has 0 fully saturated rings. The van der Waals surface area contributed by atoms with Crippen LogP contribution >= 0.6 is 0 Å². The van der Waals surface area contributed by atoms with Gasteiger partial charge in [-0.2, -0.15) is 0 Å². The summed E-state index contributed by atoms with van der Waals surface area (Å²) in [6.45, 7) is 3.40. The van der Waals surface area contributed by atoms with Crippen LogP contribution in [-0.2, 0) is 16.0 Å². The summed E-state index contributed by atoms with van der Waals surface area (Å²) in [5.74, 6) is 0.187. The van der Waals surface area contributed by atoms with Crippen LogP contribution in [-0.4, -0.2) is 11.7 Å². The quantitative estimate of drug-likeness (QED) is 0.827. The van der Waals surface area contributed by atoms with E-state index < -0.39 is 0 Å². The molecule has 3 nitrogen and oxygen atoms in total. The van der Waals surface area contributed by atoms with Crippen molar-refractivity contribution >= 4 is 17.4 Å². The van der Waals surface area contributed by atoms with Crippen LogP contribution in [0.5, 0.6) is 0 Å². The van der Waals surface area contributed by atoms with Gasteiger partial charge in [0.2, 0.25) is 5.91 Å². The summed E-state index contributed by atoms with van der Waals surface area (Å²) in [6.07, 6.45) is 1.74. The highest BCUT2D eigenvalue weighted by Gasteiger charge is 2.01. The Hall–Kier alpha value is -1.64. The molecule has 1 amide bonds. The molecule has 0 atom stereocenters. The molecule has 0 saturated heterocycles. The van der Waals surface area contributed by atoms with Gasteiger partial charge in [-0.1, -0.05) is 19.1 Å². The minimum Gasteiger partial charge on any atom is -0.326 e. The largest absolute Gasteiger partial charge is 0.326 e. The minimum atomic E-state index is 0.00344. The summed E-state index contributed by atoms with van der Waals surface area (Å²) < 4.78 is 0. The molecule has 3 heteroatoms. The van der Waals surface area contributed by atoms with Crippen LogP contribution in [0.3, 0.4) is 0 Å². The van der Waals surface area contributed by atoms with Gasteiger partial charge in [0, 0.05) is 18.5 Å². The number of amides is 1. The maximum Gasteiger partial charge on any atom is 0.224 e. The van der Waals surface area contributed by atoms with E-state index in [2.05, 4.69) is 5.32 Å². The predicted molar refractivity (Wildman–Crippen MR) is 64.4 cm³/mol. The van der Waals surface area contributed by atoms with Gasteiger partial charge in [0.1, 0.15) is 5.78 Å². The summed E-state index contributed by atoms with van der Waals surface area (Å²) in [5, 5.41) is 2.80. The first-order valence-corrected chi connectivity index (χ1v) is 5.50. The molecule has 1 N–H and O–H groups in total. The molecule has 1 rings (SSSR count). The first-order valence-electron chi connectivity index (χ1n) is 5.50. The average molecular weight is 219 g/mol. The molecule has 0 spiro atoms. The molecule has 1 aromatic carbocycles. The summed E-state index contributed by atoms with van der Waals surface area (Å²) >= 11 is 0. The second-order valence-electron chi connectivity index (χ2n) is 3.80. The third kappa shape index (κ3) is 4.26. The highest BCUT2D eigenvalue weighted by molar-refractivity contribution is 5.90. The van der Waals surface area contributed by atoms with E-state index in [0.29, 0.717) is 12.8 Å². The van der Waals surface area contributed by atoms with Crippen molar-refractivity contribution in [2.75, 3.05) is 5.32 Å². The minimum absolute atomic E-state index is 0.00344. The van der Waals surface area contributed by atoms with Gasteiger partial charge in [0.15, 0.2) is 0 Å². The maximum atomic E-state index is 11.2. The van der Waals surface area contributed by atoms with Crippen molar-refractivity contribution in [1.29, 1.82) is 0 Å². The normalized spacial score (nSPS) is 9.88. The lowest BCUT2D eigenvalue weighted by atomic mass is 10.1. The molecule has 0 unspecified atom stereocenters. The SMILES string of the molecule is CCC(=O)Nc1cccc(CCC(C)=O)c1. The van der Waals surface area contributed by atoms with E-state index in [0.717, 1.165) is 17.7 Å². The Morgan fingerprint density at radius 2 is 2.06 bits per heavy atom. The highest BCUT2D eigenvalue weighted by Crippen LogP contribution is 2.12. The van der Waals surface area contributed by atoms with Crippen LogP contribution in [0.1, 0.15) is 32.3 Å². The molecular formula is C13H17NO2. The standard InChI is InChI=1S/C13H17NO2/c1-3-13(16)14-12-6-4-5-11(9-12)8-7-10(2)15/h4-6,9H,3,7-8H2,1-2H3,(H,14,16). The second kappa shape index (κ2) is 6.05. The van der Waals surface area contributed by atoms with Crippen molar-refractivity contribution in [2.24, 2.45) is 0 Å². The number of carbonyl (C=O) groups excluding carboxylic acids is 2. The molecule has 0 aliphatic rings. The molecule has 0 heterocycles. The van der Waals surface area contributed by atoms with Gasteiger partial charge in [-0.05, 0) is 31.0 Å². The lowest BCUT2D eigenvalue weighted by Crippen LogP contribution is -2.09. The Morgan fingerprint density at radius 1 is 1.31 bits per heavy atom. The lowest BCUT2D eigenvalue weighted by molar-refractivity contribution is -0.117. The van der Waals surface area contributed by atoms with Crippen molar-refractivity contribution in [3.8, 4) is 0 Å². The number of hydrogen-bond donors (Lipinski definition) is 1. The van der Waals surface area contributed by atoms with Crippen LogP contribution in [0.25, 0.3) is 0 Å².